The molecule has 0 aliphatic heterocycles. The van der Waals surface area contributed by atoms with E-state index in [2.05, 4.69) is 5.32 Å². The Hall–Kier alpha value is -0.120. The van der Waals surface area contributed by atoms with E-state index in [0.717, 1.165) is 11.8 Å². The molecule has 0 aromatic rings. The van der Waals surface area contributed by atoms with Gasteiger partial charge in [0.2, 0.25) is 0 Å². The molecular formula is C16H31NO2. The molecule has 3 atom stereocenters. The summed E-state index contributed by atoms with van der Waals surface area (Å²) in [5.41, 5.74) is -0.978. The largest absolute Gasteiger partial charge is 0.393 e. The van der Waals surface area contributed by atoms with Crippen molar-refractivity contribution in [2.75, 3.05) is 13.2 Å². The van der Waals surface area contributed by atoms with Crippen molar-refractivity contribution in [1.29, 1.82) is 0 Å². The highest BCUT2D eigenvalue weighted by molar-refractivity contribution is 4.88. The topological polar surface area (TPSA) is 52.5 Å². The molecule has 0 aromatic carbocycles. The summed E-state index contributed by atoms with van der Waals surface area (Å²) in [5, 5.41) is 22.6. The average molecular weight is 269 g/mol. The summed E-state index contributed by atoms with van der Waals surface area (Å²) >= 11 is 0. The summed E-state index contributed by atoms with van der Waals surface area (Å²) in [5.74, 6) is 1.69. The smallest absolute Gasteiger partial charge is 0.0972 e. The second kappa shape index (κ2) is 7.05. The molecule has 2 aliphatic carbocycles. The lowest BCUT2D eigenvalue weighted by Crippen LogP contribution is -2.49. The van der Waals surface area contributed by atoms with Crippen molar-refractivity contribution >= 4 is 0 Å². The molecule has 0 spiro atoms. The minimum Gasteiger partial charge on any atom is -0.393 e. The second-order valence-electron chi connectivity index (χ2n) is 6.99. The van der Waals surface area contributed by atoms with Crippen LogP contribution in [0.15, 0.2) is 0 Å². The number of rotatable bonds is 5. The predicted molar refractivity (Wildman–Crippen MR) is 78.0 cm³/mol. The molecule has 3 nitrogen and oxygen atoms in total. The van der Waals surface area contributed by atoms with Gasteiger partial charge in [0, 0.05) is 12.6 Å². The lowest BCUT2D eigenvalue weighted by Gasteiger charge is -2.40. The van der Waals surface area contributed by atoms with Gasteiger partial charge in [-0.2, -0.15) is 0 Å². The van der Waals surface area contributed by atoms with Gasteiger partial charge in [0.1, 0.15) is 0 Å². The van der Waals surface area contributed by atoms with Crippen molar-refractivity contribution in [2.24, 2.45) is 11.8 Å². The molecule has 0 heterocycles. The highest BCUT2D eigenvalue weighted by atomic mass is 16.3. The van der Waals surface area contributed by atoms with E-state index < -0.39 is 5.60 Å². The van der Waals surface area contributed by atoms with Crippen LogP contribution in [0.1, 0.15) is 64.7 Å². The van der Waals surface area contributed by atoms with Crippen LogP contribution in [0, 0.1) is 11.8 Å². The van der Waals surface area contributed by atoms with Crippen LogP contribution < -0.4 is 5.32 Å². The van der Waals surface area contributed by atoms with E-state index in [1.807, 2.05) is 0 Å². The molecule has 3 unspecified atom stereocenters. The average Bonchev–Trinajstić information content (AvgIpc) is 2.46. The van der Waals surface area contributed by atoms with Gasteiger partial charge in [0.15, 0.2) is 0 Å². The van der Waals surface area contributed by atoms with Crippen LogP contribution in [0.4, 0.5) is 0 Å². The van der Waals surface area contributed by atoms with Crippen LogP contribution in [0.5, 0.6) is 0 Å². The zero-order valence-electron chi connectivity index (χ0n) is 12.4. The van der Waals surface area contributed by atoms with E-state index in [0.29, 0.717) is 12.6 Å². The number of aliphatic hydroxyl groups excluding tert-OH is 1. The van der Waals surface area contributed by atoms with E-state index in [1.54, 1.807) is 6.92 Å². The van der Waals surface area contributed by atoms with E-state index in [-0.39, 0.29) is 6.61 Å². The third kappa shape index (κ3) is 4.44. The Kier molecular flexibility index (Phi) is 5.67. The van der Waals surface area contributed by atoms with Gasteiger partial charge in [-0.25, -0.2) is 0 Å². The first-order chi connectivity index (χ1) is 9.12. The van der Waals surface area contributed by atoms with Crippen LogP contribution in [0.2, 0.25) is 0 Å². The molecule has 2 fully saturated rings. The number of aliphatic hydroxyl groups is 2. The molecule has 0 saturated heterocycles. The lowest BCUT2D eigenvalue weighted by atomic mass is 9.71. The summed E-state index contributed by atoms with van der Waals surface area (Å²) in [6.45, 7) is 2.05. The number of nitrogens with one attached hydrogen (secondary N) is 1. The van der Waals surface area contributed by atoms with Gasteiger partial charge in [-0.1, -0.05) is 44.9 Å². The first-order valence-corrected chi connectivity index (χ1v) is 8.19. The molecule has 0 bridgehead atoms. The zero-order chi connectivity index (χ0) is 13.7. The van der Waals surface area contributed by atoms with Crippen LogP contribution >= 0.6 is 0 Å². The summed E-state index contributed by atoms with van der Waals surface area (Å²) in [4.78, 5) is 0. The van der Waals surface area contributed by atoms with Gasteiger partial charge in [0.25, 0.3) is 0 Å². The number of hydrogen-bond acceptors (Lipinski definition) is 3. The molecular weight excluding hydrogens is 238 g/mol. The molecule has 0 amide bonds. The van der Waals surface area contributed by atoms with Crippen molar-refractivity contribution < 1.29 is 10.2 Å². The van der Waals surface area contributed by atoms with Gasteiger partial charge in [-0.05, 0) is 31.6 Å². The Bertz CT molecular complexity index is 261. The molecule has 0 radical (unpaired) electrons. The van der Waals surface area contributed by atoms with Crippen LogP contribution in [-0.4, -0.2) is 35.0 Å². The predicted octanol–water partition coefficient (Wildman–Crippen LogP) is 2.46. The van der Waals surface area contributed by atoms with Gasteiger partial charge in [-0.3, -0.25) is 0 Å². The normalized spacial score (nSPS) is 33.0. The van der Waals surface area contributed by atoms with Crippen molar-refractivity contribution in [1.82, 2.24) is 5.32 Å². The van der Waals surface area contributed by atoms with Crippen molar-refractivity contribution in [3.05, 3.63) is 0 Å². The standard InChI is InChI=1S/C16H31NO2/c1-16(19,12-18)11-17-15-10-6-5-9-14(15)13-7-3-2-4-8-13/h13-15,17-19H,2-12H2,1H3. The maximum Gasteiger partial charge on any atom is 0.0972 e. The maximum atomic E-state index is 9.94. The third-order valence-electron chi connectivity index (χ3n) is 5.16. The summed E-state index contributed by atoms with van der Waals surface area (Å²) < 4.78 is 0. The van der Waals surface area contributed by atoms with Gasteiger partial charge in [0.05, 0.1) is 12.2 Å². The Labute approximate surface area is 117 Å². The molecule has 2 saturated carbocycles. The summed E-state index contributed by atoms with van der Waals surface area (Å²) in [7, 11) is 0. The monoisotopic (exact) mass is 269 g/mol. The van der Waals surface area contributed by atoms with Crippen molar-refractivity contribution in [2.45, 2.75) is 76.4 Å². The van der Waals surface area contributed by atoms with Gasteiger partial charge < -0.3 is 15.5 Å². The first kappa shape index (κ1) is 15.3. The maximum absolute atomic E-state index is 9.94. The Morgan fingerprint density at radius 2 is 1.63 bits per heavy atom. The van der Waals surface area contributed by atoms with Crippen LogP contribution in [-0.2, 0) is 0 Å². The molecule has 3 heteroatoms. The van der Waals surface area contributed by atoms with Crippen molar-refractivity contribution in [3.63, 3.8) is 0 Å². The fraction of sp³-hybridized carbons (Fsp3) is 1.00. The molecule has 0 aromatic heterocycles. The Morgan fingerprint density at radius 1 is 1.00 bits per heavy atom. The van der Waals surface area contributed by atoms with E-state index in [9.17, 15) is 5.11 Å². The van der Waals surface area contributed by atoms with Crippen molar-refractivity contribution in [3.8, 4) is 0 Å². The zero-order valence-corrected chi connectivity index (χ0v) is 12.4. The number of hydrogen-bond donors (Lipinski definition) is 3. The molecule has 112 valence electrons. The van der Waals surface area contributed by atoms with Crippen LogP contribution in [0.25, 0.3) is 0 Å². The second-order valence-corrected chi connectivity index (χ2v) is 6.99. The van der Waals surface area contributed by atoms with Gasteiger partial charge >= 0.3 is 0 Å². The minimum atomic E-state index is -0.978. The van der Waals surface area contributed by atoms with E-state index in [4.69, 9.17) is 5.11 Å². The highest BCUT2D eigenvalue weighted by Crippen LogP contribution is 2.38. The SMILES string of the molecule is CC(O)(CO)CNC1CCCCC1C1CCCCC1. The Morgan fingerprint density at radius 3 is 2.32 bits per heavy atom. The minimum absolute atomic E-state index is 0.166. The highest BCUT2D eigenvalue weighted by Gasteiger charge is 2.33. The van der Waals surface area contributed by atoms with E-state index in [1.165, 1.54) is 57.8 Å². The van der Waals surface area contributed by atoms with Crippen LogP contribution in [0.3, 0.4) is 0 Å². The Balaban J connectivity index is 1.88. The summed E-state index contributed by atoms with van der Waals surface area (Å²) in [6, 6.07) is 0.551. The molecule has 2 rings (SSSR count). The molecule has 2 aliphatic rings. The fourth-order valence-corrected chi connectivity index (χ4v) is 3.95. The quantitative estimate of drug-likeness (QED) is 0.718. The summed E-state index contributed by atoms with van der Waals surface area (Å²) in [6.07, 6.45) is 12.3. The molecule has 19 heavy (non-hydrogen) atoms. The first-order valence-electron chi connectivity index (χ1n) is 8.19. The third-order valence-corrected chi connectivity index (χ3v) is 5.16. The lowest BCUT2D eigenvalue weighted by molar-refractivity contribution is -0.00385. The fourth-order valence-electron chi connectivity index (χ4n) is 3.95. The van der Waals surface area contributed by atoms with Gasteiger partial charge in [-0.15, -0.1) is 0 Å². The molecule has 3 N–H and O–H groups in total. The van der Waals surface area contributed by atoms with E-state index >= 15 is 0 Å².